The van der Waals surface area contributed by atoms with Gasteiger partial charge in [-0.1, -0.05) is 6.07 Å². The predicted molar refractivity (Wildman–Crippen MR) is 70.2 cm³/mol. The van der Waals surface area contributed by atoms with Crippen LogP contribution in [0.3, 0.4) is 0 Å². The van der Waals surface area contributed by atoms with Crippen molar-refractivity contribution in [2.75, 3.05) is 20.3 Å². The van der Waals surface area contributed by atoms with Crippen LogP contribution in [-0.4, -0.2) is 32.3 Å². The molecule has 2 aliphatic rings. The van der Waals surface area contributed by atoms with Crippen molar-refractivity contribution >= 4 is 5.84 Å². The molecule has 4 heteroatoms. The number of rotatable bonds is 2. The minimum Gasteiger partial charge on any atom is -0.466 e. The molecule has 0 saturated carbocycles. The number of ether oxygens (including phenoxy) is 2. The first-order valence-electron chi connectivity index (χ1n) is 6.46. The van der Waals surface area contributed by atoms with E-state index in [0.717, 1.165) is 11.6 Å². The standard InChI is InChI=1S/C14H18N2O2/c1-15-13-8-17-9-14(16-13)18-12-6-5-10-3-2-4-11(10)7-12/h5-7,14H,2-4,8-9H2,1H3,(H,15,16). The minimum atomic E-state index is -0.236. The van der Waals surface area contributed by atoms with Gasteiger partial charge < -0.3 is 14.8 Å². The third-order valence-electron chi connectivity index (χ3n) is 3.43. The van der Waals surface area contributed by atoms with Gasteiger partial charge in [-0.05, 0) is 42.5 Å². The second kappa shape index (κ2) is 4.98. The molecule has 18 heavy (non-hydrogen) atoms. The Balaban J connectivity index is 1.73. The van der Waals surface area contributed by atoms with E-state index in [1.165, 1.54) is 30.4 Å². The molecule has 1 N–H and O–H groups in total. The lowest BCUT2D eigenvalue weighted by Crippen LogP contribution is -2.35. The number of hydrogen-bond acceptors (Lipinski definition) is 4. The van der Waals surface area contributed by atoms with Crippen molar-refractivity contribution in [3.05, 3.63) is 29.3 Å². The van der Waals surface area contributed by atoms with Gasteiger partial charge in [0, 0.05) is 7.05 Å². The molecule has 1 atom stereocenters. The van der Waals surface area contributed by atoms with Crippen molar-refractivity contribution in [1.82, 2.24) is 5.32 Å². The highest BCUT2D eigenvalue weighted by molar-refractivity contribution is 5.83. The van der Waals surface area contributed by atoms with E-state index in [1.54, 1.807) is 0 Å². The highest BCUT2D eigenvalue weighted by atomic mass is 16.5. The molecule has 0 spiro atoms. The number of benzene rings is 1. The van der Waals surface area contributed by atoms with Gasteiger partial charge in [-0.2, -0.15) is 0 Å². The van der Waals surface area contributed by atoms with E-state index in [0.29, 0.717) is 13.2 Å². The highest BCUT2D eigenvalue weighted by Gasteiger charge is 2.17. The third-order valence-corrected chi connectivity index (χ3v) is 3.43. The van der Waals surface area contributed by atoms with Crippen LogP contribution >= 0.6 is 0 Å². The first-order chi connectivity index (χ1) is 8.85. The molecule has 0 aromatic heterocycles. The molecule has 1 aliphatic carbocycles. The lowest BCUT2D eigenvalue weighted by molar-refractivity contribution is 0.0590. The zero-order valence-electron chi connectivity index (χ0n) is 10.6. The molecular formula is C14H18N2O2. The van der Waals surface area contributed by atoms with E-state index in [1.807, 2.05) is 13.1 Å². The maximum Gasteiger partial charge on any atom is 0.214 e. The first kappa shape index (κ1) is 11.5. The SMILES string of the molecule is CNC1=NC(Oc2ccc3c(c2)CCC3)COC1. The molecule has 0 amide bonds. The van der Waals surface area contributed by atoms with Crippen molar-refractivity contribution in [3.63, 3.8) is 0 Å². The summed E-state index contributed by atoms with van der Waals surface area (Å²) in [7, 11) is 1.85. The first-order valence-corrected chi connectivity index (χ1v) is 6.46. The van der Waals surface area contributed by atoms with Crippen LogP contribution in [0.5, 0.6) is 5.75 Å². The monoisotopic (exact) mass is 246 g/mol. The number of nitrogens with zero attached hydrogens (tertiary/aromatic N) is 1. The average molecular weight is 246 g/mol. The molecule has 1 aromatic carbocycles. The number of hydrogen-bond donors (Lipinski definition) is 1. The van der Waals surface area contributed by atoms with E-state index >= 15 is 0 Å². The van der Waals surface area contributed by atoms with Crippen molar-refractivity contribution in [3.8, 4) is 5.75 Å². The van der Waals surface area contributed by atoms with Crippen LogP contribution in [0, 0.1) is 0 Å². The smallest absolute Gasteiger partial charge is 0.214 e. The lowest BCUT2D eigenvalue weighted by Gasteiger charge is -2.22. The zero-order valence-corrected chi connectivity index (χ0v) is 10.6. The fraction of sp³-hybridized carbons (Fsp3) is 0.500. The van der Waals surface area contributed by atoms with Crippen LogP contribution in [0.1, 0.15) is 17.5 Å². The summed E-state index contributed by atoms with van der Waals surface area (Å²) in [5, 5.41) is 3.01. The lowest BCUT2D eigenvalue weighted by atomic mass is 10.1. The molecule has 1 aromatic rings. The van der Waals surface area contributed by atoms with Gasteiger partial charge in [0.25, 0.3) is 0 Å². The van der Waals surface area contributed by atoms with Crippen LogP contribution in [0.4, 0.5) is 0 Å². The number of aliphatic imine (C=N–C) groups is 1. The molecule has 4 nitrogen and oxygen atoms in total. The third kappa shape index (κ3) is 2.34. The van der Waals surface area contributed by atoms with E-state index in [-0.39, 0.29) is 6.23 Å². The Morgan fingerprint density at radius 2 is 2.22 bits per heavy atom. The molecule has 0 bridgehead atoms. The normalized spacial score (nSPS) is 22.3. The molecular weight excluding hydrogens is 228 g/mol. The summed E-state index contributed by atoms with van der Waals surface area (Å²) in [5.74, 6) is 1.73. The zero-order chi connectivity index (χ0) is 12.4. The summed E-state index contributed by atoms with van der Waals surface area (Å²) < 4.78 is 11.3. The number of fused-ring (bicyclic) bond motifs is 1. The van der Waals surface area contributed by atoms with Crippen LogP contribution in [0.2, 0.25) is 0 Å². The average Bonchev–Trinajstić information content (AvgIpc) is 2.86. The fourth-order valence-electron chi connectivity index (χ4n) is 2.48. The Morgan fingerprint density at radius 1 is 1.33 bits per heavy atom. The molecule has 3 rings (SSSR count). The fourth-order valence-corrected chi connectivity index (χ4v) is 2.48. The quantitative estimate of drug-likeness (QED) is 0.860. The second-order valence-corrected chi connectivity index (χ2v) is 4.70. The van der Waals surface area contributed by atoms with Crippen LogP contribution < -0.4 is 10.1 Å². The summed E-state index contributed by atoms with van der Waals surface area (Å²) >= 11 is 0. The number of aryl methyl sites for hydroxylation is 2. The summed E-state index contributed by atoms with van der Waals surface area (Å²) in [6.07, 6.45) is 3.39. The van der Waals surface area contributed by atoms with Gasteiger partial charge in [-0.25, -0.2) is 4.99 Å². The van der Waals surface area contributed by atoms with E-state index in [2.05, 4.69) is 22.4 Å². The van der Waals surface area contributed by atoms with Crippen molar-refractivity contribution < 1.29 is 9.47 Å². The highest BCUT2D eigenvalue weighted by Crippen LogP contribution is 2.26. The van der Waals surface area contributed by atoms with Crippen LogP contribution in [0.25, 0.3) is 0 Å². The number of likely N-dealkylation sites (N-methyl/N-ethyl adjacent to an activating group) is 1. The van der Waals surface area contributed by atoms with Crippen molar-refractivity contribution in [1.29, 1.82) is 0 Å². The summed E-state index contributed by atoms with van der Waals surface area (Å²) in [4.78, 5) is 4.45. The summed E-state index contributed by atoms with van der Waals surface area (Å²) in [6.45, 7) is 1.06. The van der Waals surface area contributed by atoms with Crippen molar-refractivity contribution in [2.24, 2.45) is 4.99 Å². The molecule has 1 aliphatic heterocycles. The van der Waals surface area contributed by atoms with Crippen molar-refractivity contribution in [2.45, 2.75) is 25.5 Å². The Labute approximate surface area is 107 Å². The number of nitrogens with one attached hydrogen (secondary N) is 1. The Hall–Kier alpha value is -1.55. The molecule has 96 valence electrons. The van der Waals surface area contributed by atoms with E-state index in [4.69, 9.17) is 9.47 Å². The molecule has 1 heterocycles. The van der Waals surface area contributed by atoms with Gasteiger partial charge in [-0.3, -0.25) is 0 Å². The maximum atomic E-state index is 5.86. The van der Waals surface area contributed by atoms with E-state index < -0.39 is 0 Å². The van der Waals surface area contributed by atoms with Crippen LogP contribution in [-0.2, 0) is 17.6 Å². The minimum absolute atomic E-state index is 0.236. The second-order valence-electron chi connectivity index (χ2n) is 4.70. The Morgan fingerprint density at radius 3 is 3.11 bits per heavy atom. The van der Waals surface area contributed by atoms with Gasteiger partial charge in [-0.15, -0.1) is 0 Å². The van der Waals surface area contributed by atoms with Gasteiger partial charge in [0.15, 0.2) is 0 Å². The topological polar surface area (TPSA) is 42.9 Å². The number of amidine groups is 1. The van der Waals surface area contributed by atoms with Crippen LogP contribution in [0.15, 0.2) is 23.2 Å². The molecule has 1 unspecified atom stereocenters. The predicted octanol–water partition coefficient (Wildman–Crippen LogP) is 1.53. The van der Waals surface area contributed by atoms with Gasteiger partial charge in [0.1, 0.15) is 24.8 Å². The Kier molecular flexibility index (Phi) is 3.19. The summed E-state index contributed by atoms with van der Waals surface area (Å²) in [6, 6.07) is 6.35. The summed E-state index contributed by atoms with van der Waals surface area (Å²) in [5.41, 5.74) is 2.88. The Bertz CT molecular complexity index is 471. The molecule has 0 fully saturated rings. The van der Waals surface area contributed by atoms with Gasteiger partial charge >= 0.3 is 0 Å². The molecule has 0 saturated heterocycles. The van der Waals surface area contributed by atoms with Gasteiger partial charge in [0.2, 0.25) is 6.23 Å². The van der Waals surface area contributed by atoms with E-state index in [9.17, 15) is 0 Å². The maximum absolute atomic E-state index is 5.86. The van der Waals surface area contributed by atoms with Gasteiger partial charge in [0.05, 0.1) is 0 Å². The molecule has 0 radical (unpaired) electrons. The largest absolute Gasteiger partial charge is 0.466 e.